The number of benzene rings is 1. The number of carbonyl (C=O) groups excluding carboxylic acids is 2. The molecule has 1 unspecified atom stereocenters. The minimum Gasteiger partial charge on any atom is -0.492 e. The smallest absolute Gasteiger partial charge is 0.303 e. The Morgan fingerprint density at radius 3 is 2.71 bits per heavy atom. The van der Waals surface area contributed by atoms with E-state index in [-0.39, 0.29) is 24.3 Å². The van der Waals surface area contributed by atoms with Gasteiger partial charge >= 0.3 is 5.97 Å². The van der Waals surface area contributed by atoms with E-state index in [0.717, 1.165) is 38.6 Å². The second-order valence-corrected chi connectivity index (χ2v) is 8.99. The Kier molecular flexibility index (Phi) is 9.94. The van der Waals surface area contributed by atoms with Gasteiger partial charge in [0.15, 0.2) is 0 Å². The SMILES string of the molecule is O=C(O)CCCCCCN1C(=O)CC[C@@H]1C=CC(O)c1cccc(OCCN2CCCC2=O)c1. The van der Waals surface area contributed by atoms with Crippen LogP contribution in [0.4, 0.5) is 0 Å². The van der Waals surface area contributed by atoms with Gasteiger partial charge in [-0.1, -0.05) is 37.1 Å². The summed E-state index contributed by atoms with van der Waals surface area (Å²) in [7, 11) is 0. The van der Waals surface area contributed by atoms with Crippen LogP contribution in [0, 0.1) is 0 Å². The first-order valence-electron chi connectivity index (χ1n) is 12.3. The molecule has 0 saturated carbocycles. The molecular formula is C26H36N2O6. The van der Waals surface area contributed by atoms with E-state index >= 15 is 0 Å². The predicted molar refractivity (Wildman–Crippen MR) is 127 cm³/mol. The maximum Gasteiger partial charge on any atom is 0.303 e. The molecule has 2 fully saturated rings. The molecule has 3 rings (SSSR count). The van der Waals surface area contributed by atoms with Crippen LogP contribution in [-0.2, 0) is 14.4 Å². The Labute approximate surface area is 201 Å². The maximum atomic E-state index is 12.3. The molecule has 2 atom stereocenters. The van der Waals surface area contributed by atoms with Crippen LogP contribution in [0.5, 0.6) is 5.75 Å². The lowest BCUT2D eigenvalue weighted by Crippen LogP contribution is -2.32. The Balaban J connectivity index is 1.45. The topological polar surface area (TPSA) is 107 Å². The first kappa shape index (κ1) is 25.7. The molecule has 2 saturated heterocycles. The number of aliphatic carboxylic acids is 1. The normalized spacial score (nSPS) is 19.4. The molecule has 0 bridgehead atoms. The summed E-state index contributed by atoms with van der Waals surface area (Å²) in [4.78, 5) is 38.2. The van der Waals surface area contributed by atoms with E-state index < -0.39 is 12.1 Å². The highest BCUT2D eigenvalue weighted by Crippen LogP contribution is 2.24. The molecule has 0 spiro atoms. The minimum absolute atomic E-state index is 0.0291. The number of carbonyl (C=O) groups is 3. The van der Waals surface area contributed by atoms with Gasteiger partial charge < -0.3 is 24.7 Å². The zero-order chi connectivity index (χ0) is 24.3. The molecule has 2 N–H and O–H groups in total. The van der Waals surface area contributed by atoms with E-state index in [1.807, 2.05) is 34.1 Å². The van der Waals surface area contributed by atoms with Crippen molar-refractivity contribution >= 4 is 17.8 Å². The molecule has 8 heteroatoms. The quantitative estimate of drug-likeness (QED) is 0.318. The number of unbranched alkanes of at least 4 members (excludes halogenated alkanes) is 3. The van der Waals surface area contributed by atoms with Gasteiger partial charge in [-0.05, 0) is 43.4 Å². The molecule has 8 nitrogen and oxygen atoms in total. The van der Waals surface area contributed by atoms with Crippen molar-refractivity contribution in [2.75, 3.05) is 26.2 Å². The molecule has 0 aromatic heterocycles. The van der Waals surface area contributed by atoms with Crippen molar-refractivity contribution in [1.82, 2.24) is 9.80 Å². The van der Waals surface area contributed by atoms with Gasteiger partial charge in [-0.3, -0.25) is 14.4 Å². The van der Waals surface area contributed by atoms with E-state index in [1.165, 1.54) is 0 Å². The standard InChI is InChI=1S/C26H36N2O6/c29-23(20-7-5-8-22(19-20)34-18-17-27-15-6-9-24(27)30)13-11-21-12-14-25(31)28(21)16-4-2-1-3-10-26(32)33/h5,7-8,11,13,19,21,23,29H,1-4,6,9-10,12,14-18H2,(H,32,33)/t21-,23?/m0/s1. The van der Waals surface area contributed by atoms with Gasteiger partial charge in [0.2, 0.25) is 11.8 Å². The van der Waals surface area contributed by atoms with Crippen molar-refractivity contribution < 1.29 is 29.3 Å². The molecular weight excluding hydrogens is 436 g/mol. The summed E-state index contributed by atoms with van der Waals surface area (Å²) in [5, 5.41) is 19.4. The van der Waals surface area contributed by atoms with Crippen LogP contribution in [0.1, 0.15) is 69.5 Å². The van der Waals surface area contributed by atoms with E-state index in [1.54, 1.807) is 12.1 Å². The summed E-state index contributed by atoms with van der Waals surface area (Å²) in [5.41, 5.74) is 0.709. The average Bonchev–Trinajstić information content (AvgIpc) is 3.39. The lowest BCUT2D eigenvalue weighted by atomic mass is 10.1. The fraction of sp³-hybridized carbons (Fsp3) is 0.577. The van der Waals surface area contributed by atoms with Gasteiger partial charge in [0.25, 0.3) is 0 Å². The zero-order valence-electron chi connectivity index (χ0n) is 19.7. The number of hydrogen-bond acceptors (Lipinski definition) is 5. The average molecular weight is 473 g/mol. The van der Waals surface area contributed by atoms with Crippen LogP contribution in [0.3, 0.4) is 0 Å². The van der Waals surface area contributed by atoms with Gasteiger partial charge in [-0.15, -0.1) is 0 Å². The third kappa shape index (κ3) is 7.87. The van der Waals surface area contributed by atoms with Crippen LogP contribution in [0.15, 0.2) is 36.4 Å². The number of aliphatic hydroxyl groups is 1. The molecule has 0 aliphatic carbocycles. The van der Waals surface area contributed by atoms with Crippen molar-refractivity contribution in [2.45, 2.75) is 69.9 Å². The summed E-state index contributed by atoms with van der Waals surface area (Å²) in [6, 6.07) is 7.27. The third-order valence-corrected chi connectivity index (χ3v) is 6.43. The first-order valence-corrected chi connectivity index (χ1v) is 12.3. The highest BCUT2D eigenvalue weighted by molar-refractivity contribution is 5.79. The summed E-state index contributed by atoms with van der Waals surface area (Å²) >= 11 is 0. The van der Waals surface area contributed by atoms with Crippen molar-refractivity contribution in [3.63, 3.8) is 0 Å². The molecule has 34 heavy (non-hydrogen) atoms. The third-order valence-electron chi connectivity index (χ3n) is 6.43. The molecule has 2 aliphatic heterocycles. The van der Waals surface area contributed by atoms with Crippen LogP contribution in [0.2, 0.25) is 0 Å². The summed E-state index contributed by atoms with van der Waals surface area (Å²) in [6.07, 6.45) is 9.04. The molecule has 2 amide bonds. The largest absolute Gasteiger partial charge is 0.492 e. The second-order valence-electron chi connectivity index (χ2n) is 8.99. The lowest BCUT2D eigenvalue weighted by molar-refractivity contribution is -0.137. The Hall–Kier alpha value is -2.87. The fourth-order valence-electron chi connectivity index (χ4n) is 4.51. The van der Waals surface area contributed by atoms with E-state index in [4.69, 9.17) is 9.84 Å². The van der Waals surface area contributed by atoms with Crippen LogP contribution in [0.25, 0.3) is 0 Å². The molecule has 0 radical (unpaired) electrons. The zero-order valence-corrected chi connectivity index (χ0v) is 19.7. The number of aliphatic hydroxyl groups excluding tert-OH is 1. The second kappa shape index (κ2) is 13.1. The van der Waals surface area contributed by atoms with Gasteiger partial charge in [0, 0.05) is 32.4 Å². The van der Waals surface area contributed by atoms with E-state index in [0.29, 0.717) is 50.3 Å². The van der Waals surface area contributed by atoms with E-state index in [2.05, 4.69) is 0 Å². The van der Waals surface area contributed by atoms with Gasteiger partial charge in [-0.2, -0.15) is 0 Å². The molecule has 1 aromatic carbocycles. The van der Waals surface area contributed by atoms with Gasteiger partial charge in [-0.25, -0.2) is 0 Å². The highest BCUT2D eigenvalue weighted by Gasteiger charge is 2.28. The monoisotopic (exact) mass is 472 g/mol. The lowest BCUT2D eigenvalue weighted by Gasteiger charge is -2.22. The molecule has 186 valence electrons. The first-order chi connectivity index (χ1) is 16.4. The Morgan fingerprint density at radius 2 is 1.94 bits per heavy atom. The van der Waals surface area contributed by atoms with Gasteiger partial charge in [0.05, 0.1) is 18.7 Å². The van der Waals surface area contributed by atoms with Crippen molar-refractivity contribution in [2.24, 2.45) is 0 Å². The fourth-order valence-corrected chi connectivity index (χ4v) is 4.51. The van der Waals surface area contributed by atoms with Crippen molar-refractivity contribution in [1.29, 1.82) is 0 Å². The van der Waals surface area contributed by atoms with Crippen molar-refractivity contribution in [3.05, 3.63) is 42.0 Å². The molecule has 2 heterocycles. The number of likely N-dealkylation sites (tertiary alicyclic amines) is 2. The minimum atomic E-state index is -0.808. The number of nitrogens with zero attached hydrogens (tertiary/aromatic N) is 2. The van der Waals surface area contributed by atoms with Crippen LogP contribution in [-0.4, -0.2) is 70.1 Å². The molecule has 2 aliphatic rings. The van der Waals surface area contributed by atoms with Crippen molar-refractivity contribution in [3.8, 4) is 5.75 Å². The number of rotatable bonds is 14. The van der Waals surface area contributed by atoms with Crippen LogP contribution < -0.4 is 4.74 Å². The predicted octanol–water partition coefficient (Wildman–Crippen LogP) is 3.30. The Morgan fingerprint density at radius 1 is 1.12 bits per heavy atom. The van der Waals surface area contributed by atoms with Gasteiger partial charge in [0.1, 0.15) is 12.4 Å². The van der Waals surface area contributed by atoms with E-state index in [9.17, 15) is 19.5 Å². The maximum absolute atomic E-state index is 12.3. The van der Waals surface area contributed by atoms with Crippen LogP contribution >= 0.6 is 0 Å². The molecule has 1 aromatic rings. The summed E-state index contributed by atoms with van der Waals surface area (Å²) < 4.78 is 5.79. The number of ether oxygens (including phenoxy) is 1. The summed E-state index contributed by atoms with van der Waals surface area (Å²) in [6.45, 7) is 2.42. The number of hydrogen-bond donors (Lipinski definition) is 2. The number of carboxylic acids is 1. The Bertz CT molecular complexity index is 871. The highest BCUT2D eigenvalue weighted by atomic mass is 16.5. The summed E-state index contributed by atoms with van der Waals surface area (Å²) in [5.74, 6) is 0.184. The number of carboxylic acid groups (broad SMARTS) is 1. The number of amides is 2.